The minimum absolute atomic E-state index is 0.544. The van der Waals surface area contributed by atoms with E-state index in [2.05, 4.69) is 6.42 Å². The molecule has 0 aromatic heterocycles. The molecule has 0 saturated heterocycles. The van der Waals surface area contributed by atoms with Crippen molar-refractivity contribution in [3.8, 4) is 12.3 Å². The molecule has 2 nitrogen and oxygen atoms in total. The van der Waals surface area contributed by atoms with E-state index < -0.39 is 11.8 Å². The SMILES string of the molecule is C#C/C=C(/F)C(=O)O. The summed E-state index contributed by atoms with van der Waals surface area (Å²) in [5.41, 5.74) is 0. The molecule has 0 atom stereocenters. The van der Waals surface area contributed by atoms with Crippen molar-refractivity contribution < 1.29 is 14.3 Å². The first-order valence-electron chi connectivity index (χ1n) is 1.73. The largest absolute Gasteiger partial charge is 0.476 e. The summed E-state index contributed by atoms with van der Waals surface area (Å²) in [4.78, 5) is 9.55. The first-order valence-corrected chi connectivity index (χ1v) is 1.73. The van der Waals surface area contributed by atoms with Crippen LogP contribution in [0.3, 0.4) is 0 Å². The van der Waals surface area contributed by atoms with Gasteiger partial charge in [0.1, 0.15) is 0 Å². The summed E-state index contributed by atoms with van der Waals surface area (Å²) in [5, 5.41) is 7.77. The van der Waals surface area contributed by atoms with Crippen LogP contribution in [0, 0.1) is 12.3 Å². The van der Waals surface area contributed by atoms with Crippen LogP contribution in [0.4, 0.5) is 4.39 Å². The fourth-order valence-corrected chi connectivity index (χ4v) is 0.135. The van der Waals surface area contributed by atoms with Crippen molar-refractivity contribution in [1.82, 2.24) is 0 Å². The zero-order valence-electron chi connectivity index (χ0n) is 3.89. The Hall–Kier alpha value is -1.30. The van der Waals surface area contributed by atoms with Gasteiger partial charge < -0.3 is 5.11 Å². The number of carboxylic acids is 1. The van der Waals surface area contributed by atoms with Crippen molar-refractivity contribution in [3.63, 3.8) is 0 Å². The van der Waals surface area contributed by atoms with E-state index in [4.69, 9.17) is 5.11 Å². The molecule has 0 fully saturated rings. The molecule has 0 aliphatic heterocycles. The highest BCUT2D eigenvalue weighted by Gasteiger charge is 2.01. The van der Waals surface area contributed by atoms with Gasteiger partial charge in [-0.1, -0.05) is 5.92 Å². The molecule has 0 unspecified atom stereocenters. The second kappa shape index (κ2) is 2.80. The van der Waals surface area contributed by atoms with E-state index in [1.165, 1.54) is 0 Å². The van der Waals surface area contributed by atoms with Gasteiger partial charge in [0.2, 0.25) is 5.83 Å². The molecule has 0 aromatic carbocycles. The Balaban J connectivity index is 4.06. The van der Waals surface area contributed by atoms with E-state index in [0.29, 0.717) is 6.08 Å². The van der Waals surface area contributed by atoms with Crippen molar-refractivity contribution in [2.24, 2.45) is 0 Å². The van der Waals surface area contributed by atoms with Gasteiger partial charge in [0, 0.05) is 6.08 Å². The van der Waals surface area contributed by atoms with Crippen LogP contribution >= 0.6 is 0 Å². The lowest BCUT2D eigenvalue weighted by atomic mass is 10.5. The molecular formula is C5H3FO2. The average molecular weight is 114 g/mol. The number of halogens is 1. The molecule has 3 heteroatoms. The molecule has 1 N–H and O–H groups in total. The summed E-state index contributed by atoms with van der Waals surface area (Å²) in [6.07, 6.45) is 5.08. The molecule has 0 heterocycles. The van der Waals surface area contributed by atoms with Gasteiger partial charge in [-0.15, -0.1) is 6.42 Å². The maximum atomic E-state index is 11.6. The van der Waals surface area contributed by atoms with Crippen LogP contribution in [0.15, 0.2) is 11.9 Å². The number of hydrogen-bond acceptors (Lipinski definition) is 1. The van der Waals surface area contributed by atoms with E-state index in [9.17, 15) is 9.18 Å². The van der Waals surface area contributed by atoms with Gasteiger partial charge in [0.25, 0.3) is 0 Å². The van der Waals surface area contributed by atoms with Gasteiger partial charge in [-0.05, 0) is 0 Å². The van der Waals surface area contributed by atoms with Gasteiger partial charge in [0.05, 0.1) is 0 Å². The molecule has 0 aliphatic rings. The zero-order chi connectivity index (χ0) is 6.57. The van der Waals surface area contributed by atoms with E-state index in [0.717, 1.165) is 0 Å². The second-order valence-corrected chi connectivity index (χ2v) is 0.964. The van der Waals surface area contributed by atoms with E-state index in [1.807, 2.05) is 0 Å². The molecule has 8 heavy (non-hydrogen) atoms. The van der Waals surface area contributed by atoms with Crippen LogP contribution in [0.2, 0.25) is 0 Å². The minimum atomic E-state index is -1.64. The molecule has 0 bridgehead atoms. The molecule has 0 saturated carbocycles. The third-order valence-corrected chi connectivity index (χ3v) is 0.414. The zero-order valence-corrected chi connectivity index (χ0v) is 3.89. The molecule has 0 amide bonds. The van der Waals surface area contributed by atoms with Gasteiger partial charge in [-0.2, -0.15) is 4.39 Å². The summed E-state index contributed by atoms with van der Waals surface area (Å²) in [6, 6.07) is 0. The van der Waals surface area contributed by atoms with Crippen LogP contribution in [0.5, 0.6) is 0 Å². The maximum Gasteiger partial charge on any atom is 0.365 e. The third kappa shape index (κ3) is 1.98. The van der Waals surface area contributed by atoms with E-state index in [-0.39, 0.29) is 0 Å². The fraction of sp³-hybridized carbons (Fsp3) is 0. The maximum absolute atomic E-state index is 11.6. The highest BCUT2D eigenvalue weighted by molar-refractivity contribution is 5.84. The van der Waals surface area contributed by atoms with Gasteiger partial charge >= 0.3 is 5.97 Å². The Bertz CT molecular complexity index is 164. The van der Waals surface area contributed by atoms with Crippen LogP contribution in [0.1, 0.15) is 0 Å². The Morgan fingerprint density at radius 2 is 2.38 bits per heavy atom. The Morgan fingerprint density at radius 3 is 2.50 bits per heavy atom. The second-order valence-electron chi connectivity index (χ2n) is 0.964. The number of allylic oxidation sites excluding steroid dienone is 1. The number of aliphatic carboxylic acids is 1. The number of carboxylic acid groups (broad SMARTS) is 1. The first-order chi connectivity index (χ1) is 3.68. The predicted molar refractivity (Wildman–Crippen MR) is 25.7 cm³/mol. The summed E-state index contributed by atoms with van der Waals surface area (Å²) in [6.45, 7) is 0. The summed E-state index contributed by atoms with van der Waals surface area (Å²) in [5.74, 6) is -1.22. The summed E-state index contributed by atoms with van der Waals surface area (Å²) < 4.78 is 11.6. The average Bonchev–Trinajstić information content (AvgIpc) is 1.67. The van der Waals surface area contributed by atoms with Crippen molar-refractivity contribution in [3.05, 3.63) is 11.9 Å². The smallest absolute Gasteiger partial charge is 0.365 e. The lowest BCUT2D eigenvalue weighted by molar-refractivity contribution is -0.134. The summed E-state index contributed by atoms with van der Waals surface area (Å²) in [7, 11) is 0. The van der Waals surface area contributed by atoms with Crippen LogP contribution < -0.4 is 0 Å². The van der Waals surface area contributed by atoms with E-state index in [1.54, 1.807) is 5.92 Å². The summed E-state index contributed by atoms with van der Waals surface area (Å²) >= 11 is 0. The quantitative estimate of drug-likeness (QED) is 0.399. The minimum Gasteiger partial charge on any atom is -0.476 e. The van der Waals surface area contributed by atoms with Crippen LogP contribution in [0.25, 0.3) is 0 Å². The predicted octanol–water partition coefficient (Wildman–Crippen LogP) is 0.558. The van der Waals surface area contributed by atoms with Crippen molar-refractivity contribution in [2.75, 3.05) is 0 Å². The lowest BCUT2D eigenvalue weighted by Crippen LogP contribution is -1.93. The third-order valence-electron chi connectivity index (χ3n) is 0.414. The van der Waals surface area contributed by atoms with Gasteiger partial charge in [-0.3, -0.25) is 0 Å². The number of rotatable bonds is 1. The molecule has 0 rings (SSSR count). The van der Waals surface area contributed by atoms with Gasteiger partial charge in [0.15, 0.2) is 0 Å². The topological polar surface area (TPSA) is 37.3 Å². The highest BCUT2D eigenvalue weighted by atomic mass is 19.1. The molecule has 0 aromatic rings. The number of terminal acetylenes is 1. The number of hydrogen-bond donors (Lipinski definition) is 1. The molecule has 42 valence electrons. The van der Waals surface area contributed by atoms with Crippen molar-refractivity contribution in [1.29, 1.82) is 0 Å². The Labute approximate surface area is 45.6 Å². The Morgan fingerprint density at radius 1 is 1.88 bits per heavy atom. The lowest BCUT2D eigenvalue weighted by Gasteiger charge is -1.79. The molecule has 0 aliphatic carbocycles. The normalized spacial score (nSPS) is 10.2. The van der Waals surface area contributed by atoms with Crippen molar-refractivity contribution >= 4 is 5.97 Å². The van der Waals surface area contributed by atoms with E-state index >= 15 is 0 Å². The Kier molecular flexibility index (Phi) is 2.35. The molecular weight excluding hydrogens is 111 g/mol. The van der Waals surface area contributed by atoms with Crippen LogP contribution in [-0.2, 0) is 4.79 Å². The molecule has 0 radical (unpaired) electrons. The van der Waals surface area contributed by atoms with Crippen LogP contribution in [-0.4, -0.2) is 11.1 Å². The standard InChI is InChI=1S/C5H3FO2/c1-2-3-4(6)5(7)8/h1,3H,(H,7,8)/b4-3+. The number of carbonyl (C=O) groups is 1. The van der Waals surface area contributed by atoms with Gasteiger partial charge in [-0.25, -0.2) is 4.79 Å². The monoisotopic (exact) mass is 114 g/mol. The first kappa shape index (κ1) is 6.70. The van der Waals surface area contributed by atoms with Crippen molar-refractivity contribution in [2.45, 2.75) is 0 Å². The molecule has 0 spiro atoms. The highest BCUT2D eigenvalue weighted by Crippen LogP contribution is 1.92. The fourth-order valence-electron chi connectivity index (χ4n) is 0.135.